The smallest absolute Gasteiger partial charge is 0.436 e. The van der Waals surface area contributed by atoms with E-state index in [0.717, 1.165) is 10.9 Å². The summed E-state index contributed by atoms with van der Waals surface area (Å²) in [6.07, 6.45) is -3.70. The Hall–Kier alpha value is -2.45. The third-order valence-corrected chi connectivity index (χ3v) is 2.94. The van der Waals surface area contributed by atoms with E-state index in [1.165, 1.54) is 0 Å². The standard InChI is InChI=1S/C14H15F3N4O2/c1-4-21-6-11(12(20-21)14(15,16)17)13(22)23-7-10-5-8(2)18-9(3)19-10/h5-6H,4,7H2,1-3H3. The number of esters is 1. The zero-order chi connectivity index (χ0) is 17.2. The van der Waals surface area contributed by atoms with Gasteiger partial charge in [0.2, 0.25) is 0 Å². The van der Waals surface area contributed by atoms with E-state index < -0.39 is 23.4 Å². The number of aromatic nitrogens is 4. The molecule has 2 aromatic heterocycles. The Morgan fingerprint density at radius 3 is 2.57 bits per heavy atom. The van der Waals surface area contributed by atoms with E-state index in [1.807, 2.05) is 0 Å². The molecule has 0 fully saturated rings. The molecule has 124 valence electrons. The fourth-order valence-corrected chi connectivity index (χ4v) is 2.03. The zero-order valence-corrected chi connectivity index (χ0v) is 12.8. The van der Waals surface area contributed by atoms with Crippen LogP contribution in [0.2, 0.25) is 0 Å². The number of aryl methyl sites for hydroxylation is 3. The van der Waals surface area contributed by atoms with E-state index in [1.54, 1.807) is 26.8 Å². The summed E-state index contributed by atoms with van der Waals surface area (Å²) in [6.45, 7) is 5.01. The van der Waals surface area contributed by atoms with E-state index in [0.29, 0.717) is 17.2 Å². The molecule has 0 aliphatic carbocycles. The molecule has 0 atom stereocenters. The van der Waals surface area contributed by atoms with Gasteiger partial charge in [-0.1, -0.05) is 0 Å². The Balaban J connectivity index is 2.19. The molecule has 0 amide bonds. The van der Waals surface area contributed by atoms with Crippen LogP contribution in [0.5, 0.6) is 0 Å². The van der Waals surface area contributed by atoms with Gasteiger partial charge in [0.1, 0.15) is 18.0 Å². The van der Waals surface area contributed by atoms with Gasteiger partial charge in [-0.2, -0.15) is 18.3 Å². The van der Waals surface area contributed by atoms with Crippen LogP contribution in [0.25, 0.3) is 0 Å². The predicted octanol–water partition coefficient (Wildman–Crippen LogP) is 2.69. The fourth-order valence-electron chi connectivity index (χ4n) is 2.03. The van der Waals surface area contributed by atoms with Crippen LogP contribution in [0, 0.1) is 13.8 Å². The molecule has 0 aliphatic rings. The van der Waals surface area contributed by atoms with Crippen molar-refractivity contribution >= 4 is 5.97 Å². The zero-order valence-electron chi connectivity index (χ0n) is 12.8. The molecule has 0 bridgehead atoms. The molecule has 2 rings (SSSR count). The Kier molecular flexibility index (Phi) is 4.67. The van der Waals surface area contributed by atoms with Crippen LogP contribution < -0.4 is 0 Å². The first kappa shape index (κ1) is 16.9. The molecule has 23 heavy (non-hydrogen) atoms. The lowest BCUT2D eigenvalue weighted by atomic mass is 10.2. The van der Waals surface area contributed by atoms with Crippen LogP contribution in [-0.4, -0.2) is 25.7 Å². The summed E-state index contributed by atoms with van der Waals surface area (Å²) in [5, 5.41) is 3.37. The fraction of sp³-hybridized carbons (Fsp3) is 0.429. The minimum absolute atomic E-state index is 0.209. The summed E-state index contributed by atoms with van der Waals surface area (Å²) in [5.41, 5.74) is -0.764. The molecular weight excluding hydrogens is 313 g/mol. The molecule has 0 saturated heterocycles. The number of hydrogen-bond acceptors (Lipinski definition) is 5. The number of rotatable bonds is 4. The maximum absolute atomic E-state index is 12.9. The molecule has 0 saturated carbocycles. The highest BCUT2D eigenvalue weighted by Gasteiger charge is 2.39. The van der Waals surface area contributed by atoms with Gasteiger partial charge in [-0.15, -0.1) is 0 Å². The maximum atomic E-state index is 12.9. The van der Waals surface area contributed by atoms with Crippen molar-refractivity contribution in [3.8, 4) is 0 Å². The minimum atomic E-state index is -4.73. The second kappa shape index (κ2) is 6.35. The van der Waals surface area contributed by atoms with E-state index in [2.05, 4.69) is 15.1 Å². The highest BCUT2D eigenvalue weighted by atomic mass is 19.4. The lowest BCUT2D eigenvalue weighted by molar-refractivity contribution is -0.142. The second-order valence-electron chi connectivity index (χ2n) is 4.87. The molecule has 0 aromatic carbocycles. The van der Waals surface area contributed by atoms with E-state index in [-0.39, 0.29) is 13.2 Å². The van der Waals surface area contributed by atoms with Gasteiger partial charge in [-0.3, -0.25) is 4.68 Å². The number of alkyl halides is 3. The number of carbonyl (C=O) groups excluding carboxylic acids is 1. The summed E-state index contributed by atoms with van der Waals surface area (Å²) >= 11 is 0. The summed E-state index contributed by atoms with van der Waals surface area (Å²) < 4.78 is 44.7. The van der Waals surface area contributed by atoms with Crippen molar-refractivity contribution in [2.75, 3.05) is 0 Å². The van der Waals surface area contributed by atoms with Gasteiger partial charge in [0.15, 0.2) is 5.69 Å². The molecule has 6 nitrogen and oxygen atoms in total. The summed E-state index contributed by atoms with van der Waals surface area (Å²) in [7, 11) is 0. The average Bonchev–Trinajstić information content (AvgIpc) is 2.88. The minimum Gasteiger partial charge on any atom is -0.455 e. The van der Waals surface area contributed by atoms with Crippen molar-refractivity contribution in [1.29, 1.82) is 0 Å². The Morgan fingerprint density at radius 2 is 2.00 bits per heavy atom. The SMILES string of the molecule is CCn1cc(C(=O)OCc2cc(C)nc(C)n2)c(C(F)(F)F)n1. The van der Waals surface area contributed by atoms with Crippen LogP contribution in [0.4, 0.5) is 13.2 Å². The molecule has 0 spiro atoms. The van der Waals surface area contributed by atoms with Crippen LogP contribution in [0.15, 0.2) is 12.3 Å². The predicted molar refractivity (Wildman–Crippen MR) is 73.5 cm³/mol. The molecular formula is C14H15F3N4O2. The van der Waals surface area contributed by atoms with Gasteiger partial charge in [0, 0.05) is 18.4 Å². The molecule has 0 unspecified atom stereocenters. The third kappa shape index (κ3) is 4.05. The number of halogens is 3. The Labute approximate surface area is 130 Å². The van der Waals surface area contributed by atoms with Crippen LogP contribution >= 0.6 is 0 Å². The van der Waals surface area contributed by atoms with Gasteiger partial charge < -0.3 is 4.74 Å². The lowest BCUT2D eigenvalue weighted by Gasteiger charge is -2.07. The molecule has 2 aromatic rings. The van der Waals surface area contributed by atoms with Gasteiger partial charge in [-0.05, 0) is 26.8 Å². The van der Waals surface area contributed by atoms with Crippen LogP contribution in [-0.2, 0) is 24.1 Å². The van der Waals surface area contributed by atoms with Crippen molar-refractivity contribution in [2.24, 2.45) is 0 Å². The molecule has 0 aliphatic heterocycles. The normalized spacial score (nSPS) is 11.6. The van der Waals surface area contributed by atoms with Crippen LogP contribution in [0.1, 0.15) is 40.2 Å². The van der Waals surface area contributed by atoms with Crippen molar-refractivity contribution in [3.05, 3.63) is 40.7 Å². The topological polar surface area (TPSA) is 69.9 Å². The first-order valence-electron chi connectivity index (χ1n) is 6.83. The largest absolute Gasteiger partial charge is 0.455 e. The monoisotopic (exact) mass is 328 g/mol. The van der Waals surface area contributed by atoms with Crippen molar-refractivity contribution in [3.63, 3.8) is 0 Å². The molecule has 0 N–H and O–H groups in total. The highest BCUT2D eigenvalue weighted by Crippen LogP contribution is 2.31. The summed E-state index contributed by atoms with van der Waals surface area (Å²) in [6, 6.07) is 1.60. The Morgan fingerprint density at radius 1 is 1.30 bits per heavy atom. The highest BCUT2D eigenvalue weighted by molar-refractivity contribution is 5.90. The third-order valence-electron chi connectivity index (χ3n) is 2.94. The lowest BCUT2D eigenvalue weighted by Crippen LogP contribution is -2.14. The number of nitrogens with zero attached hydrogens (tertiary/aromatic N) is 4. The van der Waals surface area contributed by atoms with Gasteiger partial charge >= 0.3 is 12.1 Å². The molecule has 9 heteroatoms. The first-order chi connectivity index (χ1) is 10.7. The average molecular weight is 328 g/mol. The van der Waals surface area contributed by atoms with Gasteiger partial charge in [0.25, 0.3) is 0 Å². The van der Waals surface area contributed by atoms with E-state index >= 15 is 0 Å². The van der Waals surface area contributed by atoms with Gasteiger partial charge in [0.05, 0.1) is 5.69 Å². The van der Waals surface area contributed by atoms with Crippen molar-refractivity contribution in [2.45, 2.75) is 40.1 Å². The van der Waals surface area contributed by atoms with E-state index in [9.17, 15) is 18.0 Å². The second-order valence-corrected chi connectivity index (χ2v) is 4.87. The van der Waals surface area contributed by atoms with Crippen molar-refractivity contribution < 1.29 is 22.7 Å². The number of hydrogen-bond donors (Lipinski definition) is 0. The molecule has 0 radical (unpaired) electrons. The van der Waals surface area contributed by atoms with E-state index in [4.69, 9.17) is 4.74 Å². The maximum Gasteiger partial charge on any atom is 0.436 e. The number of ether oxygens (including phenoxy) is 1. The quantitative estimate of drug-likeness (QED) is 0.807. The Bertz CT molecular complexity index is 705. The summed E-state index contributed by atoms with van der Waals surface area (Å²) in [4.78, 5) is 20.1. The van der Waals surface area contributed by atoms with Crippen molar-refractivity contribution in [1.82, 2.24) is 19.7 Å². The molecule has 2 heterocycles. The number of carbonyl (C=O) groups is 1. The van der Waals surface area contributed by atoms with Gasteiger partial charge in [-0.25, -0.2) is 14.8 Å². The van der Waals surface area contributed by atoms with Crippen LogP contribution in [0.3, 0.4) is 0 Å². The summed E-state index contributed by atoms with van der Waals surface area (Å²) in [5.74, 6) is -0.600. The first-order valence-corrected chi connectivity index (χ1v) is 6.83.